The number of hydrogen-bond acceptors (Lipinski definition) is 3. The van der Waals surface area contributed by atoms with E-state index in [9.17, 15) is 4.39 Å². The highest BCUT2D eigenvalue weighted by Gasteiger charge is 2.11. The van der Waals surface area contributed by atoms with E-state index in [2.05, 4.69) is 28.5 Å². The zero-order valence-electron chi connectivity index (χ0n) is 12.3. The van der Waals surface area contributed by atoms with E-state index in [1.165, 1.54) is 12.1 Å². The normalized spacial score (nSPS) is 11.7. The third kappa shape index (κ3) is 3.55. The molecule has 0 unspecified atom stereocenters. The van der Waals surface area contributed by atoms with Gasteiger partial charge in [-0.25, -0.2) is 9.37 Å². The third-order valence-corrected chi connectivity index (χ3v) is 3.38. The fourth-order valence-electron chi connectivity index (χ4n) is 2.40. The largest absolute Gasteiger partial charge is 0.330 e. The number of hydrogen-bond donors (Lipinski definition) is 1. The lowest BCUT2D eigenvalue weighted by molar-refractivity contribution is 0.386. The predicted molar refractivity (Wildman–Crippen MR) is 80.2 cm³/mol. The smallest absolute Gasteiger partial charge is 0.125 e. The highest BCUT2D eigenvalue weighted by Crippen LogP contribution is 2.19. The van der Waals surface area contributed by atoms with E-state index in [0.717, 1.165) is 49.2 Å². The Morgan fingerprint density at radius 1 is 1.30 bits per heavy atom. The van der Waals surface area contributed by atoms with Crippen molar-refractivity contribution in [2.24, 2.45) is 5.73 Å². The first-order chi connectivity index (χ1) is 9.61. The molecule has 2 N–H and O–H groups in total. The van der Waals surface area contributed by atoms with Crippen LogP contribution in [0.15, 0.2) is 18.2 Å². The Kier molecular flexibility index (Phi) is 5.09. The van der Waals surface area contributed by atoms with E-state index in [-0.39, 0.29) is 5.82 Å². The molecule has 2 rings (SSSR count). The molecular formula is C15H23FN4. The maximum absolute atomic E-state index is 13.3. The standard InChI is InChI=1S/C15H23FN4/c1-19(2)9-4-10-20-14-7-6-12(16)11-13(14)18-15(20)5-3-8-17/h6-7,11H,3-5,8-10,17H2,1-2H3. The van der Waals surface area contributed by atoms with Crippen molar-refractivity contribution >= 4 is 11.0 Å². The Balaban J connectivity index is 2.26. The number of fused-ring (bicyclic) bond motifs is 1. The predicted octanol–water partition coefficient (Wildman–Crippen LogP) is 2.02. The van der Waals surface area contributed by atoms with Crippen LogP contribution in [-0.4, -0.2) is 41.6 Å². The summed E-state index contributed by atoms with van der Waals surface area (Å²) >= 11 is 0. The lowest BCUT2D eigenvalue weighted by Gasteiger charge is -2.12. The van der Waals surface area contributed by atoms with Gasteiger partial charge in [0.25, 0.3) is 0 Å². The Labute approximate surface area is 119 Å². The second kappa shape index (κ2) is 6.81. The average molecular weight is 278 g/mol. The van der Waals surface area contributed by atoms with Crippen LogP contribution >= 0.6 is 0 Å². The van der Waals surface area contributed by atoms with Gasteiger partial charge in [0.05, 0.1) is 11.0 Å². The molecule has 0 fully saturated rings. The lowest BCUT2D eigenvalue weighted by atomic mass is 10.3. The number of nitrogens with zero attached hydrogens (tertiary/aromatic N) is 3. The van der Waals surface area contributed by atoms with Crippen LogP contribution in [0.4, 0.5) is 4.39 Å². The van der Waals surface area contributed by atoms with Gasteiger partial charge in [-0.2, -0.15) is 0 Å². The molecule has 4 nitrogen and oxygen atoms in total. The van der Waals surface area contributed by atoms with Crippen LogP contribution < -0.4 is 5.73 Å². The zero-order valence-corrected chi connectivity index (χ0v) is 12.3. The van der Waals surface area contributed by atoms with Crippen LogP contribution in [-0.2, 0) is 13.0 Å². The molecule has 1 aromatic heterocycles. The third-order valence-electron chi connectivity index (χ3n) is 3.38. The highest BCUT2D eigenvalue weighted by atomic mass is 19.1. The van der Waals surface area contributed by atoms with Crippen molar-refractivity contribution in [3.8, 4) is 0 Å². The SMILES string of the molecule is CN(C)CCCn1c(CCCN)nc2cc(F)ccc21. The van der Waals surface area contributed by atoms with Crippen molar-refractivity contribution in [3.63, 3.8) is 0 Å². The van der Waals surface area contributed by atoms with Crippen molar-refractivity contribution in [1.29, 1.82) is 0 Å². The van der Waals surface area contributed by atoms with Crippen LogP contribution in [0.5, 0.6) is 0 Å². The molecule has 0 amide bonds. The van der Waals surface area contributed by atoms with E-state index in [1.807, 2.05) is 6.07 Å². The van der Waals surface area contributed by atoms with Crippen molar-refractivity contribution in [1.82, 2.24) is 14.5 Å². The van der Waals surface area contributed by atoms with Gasteiger partial charge in [-0.1, -0.05) is 0 Å². The van der Waals surface area contributed by atoms with Crippen LogP contribution in [0, 0.1) is 5.82 Å². The van der Waals surface area contributed by atoms with E-state index in [0.29, 0.717) is 6.54 Å². The van der Waals surface area contributed by atoms with Crippen molar-refractivity contribution in [3.05, 3.63) is 29.8 Å². The molecule has 0 radical (unpaired) electrons. The van der Waals surface area contributed by atoms with E-state index < -0.39 is 0 Å². The molecule has 2 aromatic rings. The summed E-state index contributed by atoms with van der Waals surface area (Å²) in [5.74, 6) is 0.774. The molecule has 1 aromatic carbocycles. The summed E-state index contributed by atoms with van der Waals surface area (Å²) < 4.78 is 15.5. The Morgan fingerprint density at radius 3 is 2.80 bits per heavy atom. The molecule has 0 aliphatic rings. The summed E-state index contributed by atoms with van der Waals surface area (Å²) in [6.07, 6.45) is 2.79. The lowest BCUT2D eigenvalue weighted by Crippen LogP contribution is -2.16. The maximum atomic E-state index is 13.3. The van der Waals surface area contributed by atoms with Gasteiger partial charge in [-0.15, -0.1) is 0 Å². The van der Waals surface area contributed by atoms with Gasteiger partial charge >= 0.3 is 0 Å². The molecule has 20 heavy (non-hydrogen) atoms. The fraction of sp³-hybridized carbons (Fsp3) is 0.533. The van der Waals surface area contributed by atoms with Crippen molar-refractivity contribution in [2.75, 3.05) is 27.2 Å². The average Bonchev–Trinajstić information content (AvgIpc) is 2.73. The number of halogens is 1. The summed E-state index contributed by atoms with van der Waals surface area (Å²) in [6, 6.07) is 4.82. The molecule has 0 aliphatic carbocycles. The molecule has 1 heterocycles. The zero-order chi connectivity index (χ0) is 14.5. The highest BCUT2D eigenvalue weighted by molar-refractivity contribution is 5.76. The molecule has 0 bridgehead atoms. The first-order valence-electron chi connectivity index (χ1n) is 7.11. The molecule has 0 spiro atoms. The number of imidazole rings is 1. The second-order valence-corrected chi connectivity index (χ2v) is 5.36. The molecular weight excluding hydrogens is 255 g/mol. The molecule has 0 aliphatic heterocycles. The minimum Gasteiger partial charge on any atom is -0.330 e. The second-order valence-electron chi connectivity index (χ2n) is 5.36. The summed E-state index contributed by atoms with van der Waals surface area (Å²) in [4.78, 5) is 6.73. The summed E-state index contributed by atoms with van der Waals surface area (Å²) in [5, 5.41) is 0. The van der Waals surface area contributed by atoms with Gasteiger partial charge in [-0.3, -0.25) is 0 Å². The molecule has 0 atom stereocenters. The number of rotatable bonds is 7. The van der Waals surface area contributed by atoms with E-state index in [1.54, 1.807) is 0 Å². The van der Waals surface area contributed by atoms with E-state index in [4.69, 9.17) is 5.73 Å². The number of benzene rings is 1. The van der Waals surface area contributed by atoms with Gasteiger partial charge in [0.1, 0.15) is 11.6 Å². The minimum absolute atomic E-state index is 0.235. The van der Waals surface area contributed by atoms with Gasteiger partial charge in [-0.05, 0) is 52.2 Å². The summed E-state index contributed by atoms with van der Waals surface area (Å²) in [7, 11) is 4.13. The number of aryl methyl sites for hydroxylation is 2. The topological polar surface area (TPSA) is 47.1 Å². The molecule has 110 valence electrons. The minimum atomic E-state index is -0.235. The van der Waals surface area contributed by atoms with Crippen LogP contribution in [0.25, 0.3) is 11.0 Å². The van der Waals surface area contributed by atoms with Gasteiger partial charge in [0.2, 0.25) is 0 Å². The summed E-state index contributed by atoms with van der Waals surface area (Å²) in [6.45, 7) is 2.58. The maximum Gasteiger partial charge on any atom is 0.125 e. The molecule has 0 saturated carbocycles. The number of aromatic nitrogens is 2. The van der Waals surface area contributed by atoms with Gasteiger partial charge in [0, 0.05) is 19.0 Å². The van der Waals surface area contributed by atoms with Crippen LogP contribution in [0.2, 0.25) is 0 Å². The summed E-state index contributed by atoms with van der Waals surface area (Å²) in [5.41, 5.74) is 7.33. The number of nitrogens with two attached hydrogens (primary N) is 1. The monoisotopic (exact) mass is 278 g/mol. The Hall–Kier alpha value is -1.46. The van der Waals surface area contributed by atoms with E-state index >= 15 is 0 Å². The molecule has 0 saturated heterocycles. The van der Waals surface area contributed by atoms with Crippen molar-refractivity contribution < 1.29 is 4.39 Å². The molecule has 5 heteroatoms. The quantitative estimate of drug-likeness (QED) is 0.843. The van der Waals surface area contributed by atoms with Gasteiger partial charge in [0.15, 0.2) is 0 Å². The van der Waals surface area contributed by atoms with Crippen LogP contribution in [0.1, 0.15) is 18.7 Å². The van der Waals surface area contributed by atoms with Crippen molar-refractivity contribution in [2.45, 2.75) is 25.8 Å². The fourth-order valence-corrected chi connectivity index (χ4v) is 2.40. The Bertz CT molecular complexity index is 562. The van der Waals surface area contributed by atoms with Gasteiger partial charge < -0.3 is 15.2 Å². The first-order valence-corrected chi connectivity index (χ1v) is 7.11. The first kappa shape index (κ1) is 14.9. The van der Waals surface area contributed by atoms with Crippen LogP contribution in [0.3, 0.4) is 0 Å². The Morgan fingerprint density at radius 2 is 2.10 bits per heavy atom.